The van der Waals surface area contributed by atoms with E-state index in [1.165, 1.54) is 6.08 Å². The third-order valence-electron chi connectivity index (χ3n) is 2.32. The Hall–Kier alpha value is -0.830. The Morgan fingerprint density at radius 3 is 2.57 bits per heavy atom. The lowest BCUT2D eigenvalue weighted by Crippen LogP contribution is -2.30. The normalized spacial score (nSPS) is 15.9. The molecule has 0 unspecified atom stereocenters. The standard InChI is InChI=1S/C11H20O3/c1-5-14-10(12)7-6-8-11(4,13)9(2)3/h6-7,9,13H,5,8H2,1-4H3/b7-6-/t11-/m1/s1. The number of rotatable bonds is 5. The van der Waals surface area contributed by atoms with E-state index >= 15 is 0 Å². The van der Waals surface area contributed by atoms with E-state index in [2.05, 4.69) is 0 Å². The molecule has 0 aliphatic carbocycles. The van der Waals surface area contributed by atoms with Crippen molar-refractivity contribution in [3.63, 3.8) is 0 Å². The van der Waals surface area contributed by atoms with E-state index in [4.69, 9.17) is 4.74 Å². The van der Waals surface area contributed by atoms with Gasteiger partial charge < -0.3 is 9.84 Å². The zero-order valence-corrected chi connectivity index (χ0v) is 9.41. The highest BCUT2D eigenvalue weighted by Gasteiger charge is 2.22. The van der Waals surface area contributed by atoms with Gasteiger partial charge in [0.15, 0.2) is 0 Å². The van der Waals surface area contributed by atoms with Gasteiger partial charge in [-0.05, 0) is 26.2 Å². The lowest BCUT2D eigenvalue weighted by molar-refractivity contribution is -0.137. The monoisotopic (exact) mass is 200 g/mol. The predicted molar refractivity (Wildman–Crippen MR) is 55.9 cm³/mol. The van der Waals surface area contributed by atoms with Crippen molar-refractivity contribution in [1.82, 2.24) is 0 Å². The summed E-state index contributed by atoms with van der Waals surface area (Å²) in [6.45, 7) is 7.78. The SMILES string of the molecule is CCOC(=O)/C=C\C[C@@](C)(O)C(C)C. The minimum atomic E-state index is -0.761. The van der Waals surface area contributed by atoms with Crippen molar-refractivity contribution in [3.05, 3.63) is 12.2 Å². The predicted octanol–water partition coefficient (Wildman–Crippen LogP) is 1.90. The van der Waals surface area contributed by atoms with Crippen LogP contribution < -0.4 is 0 Å². The van der Waals surface area contributed by atoms with Crippen molar-refractivity contribution in [2.75, 3.05) is 6.61 Å². The van der Waals surface area contributed by atoms with Crippen molar-refractivity contribution < 1.29 is 14.6 Å². The maximum atomic E-state index is 10.9. The number of ether oxygens (including phenoxy) is 1. The Balaban J connectivity index is 3.98. The van der Waals surface area contributed by atoms with E-state index in [0.29, 0.717) is 13.0 Å². The summed E-state index contributed by atoms with van der Waals surface area (Å²) in [7, 11) is 0. The summed E-state index contributed by atoms with van der Waals surface area (Å²) in [5.41, 5.74) is -0.761. The van der Waals surface area contributed by atoms with Crippen LogP contribution in [-0.2, 0) is 9.53 Å². The van der Waals surface area contributed by atoms with Gasteiger partial charge in [-0.25, -0.2) is 4.79 Å². The van der Waals surface area contributed by atoms with Crippen molar-refractivity contribution in [2.24, 2.45) is 5.92 Å². The van der Waals surface area contributed by atoms with Crippen LogP contribution in [0.25, 0.3) is 0 Å². The molecule has 1 N–H and O–H groups in total. The third kappa shape index (κ3) is 5.02. The van der Waals surface area contributed by atoms with E-state index in [1.54, 1.807) is 19.9 Å². The molecule has 0 amide bonds. The van der Waals surface area contributed by atoms with Crippen LogP contribution in [0, 0.1) is 5.92 Å². The van der Waals surface area contributed by atoms with Crippen LogP contribution in [-0.4, -0.2) is 23.3 Å². The Morgan fingerprint density at radius 2 is 2.14 bits per heavy atom. The lowest BCUT2D eigenvalue weighted by atomic mass is 9.89. The van der Waals surface area contributed by atoms with E-state index in [-0.39, 0.29) is 11.9 Å². The molecule has 3 nitrogen and oxygen atoms in total. The Kier molecular flexibility index (Phi) is 5.46. The third-order valence-corrected chi connectivity index (χ3v) is 2.32. The van der Waals surface area contributed by atoms with Crippen molar-refractivity contribution in [2.45, 2.75) is 39.7 Å². The van der Waals surface area contributed by atoms with E-state index in [9.17, 15) is 9.90 Å². The van der Waals surface area contributed by atoms with Crippen LogP contribution in [0.15, 0.2) is 12.2 Å². The van der Waals surface area contributed by atoms with Gasteiger partial charge in [0.05, 0.1) is 12.2 Å². The van der Waals surface area contributed by atoms with E-state index < -0.39 is 5.60 Å². The van der Waals surface area contributed by atoms with Crippen LogP contribution in [0.4, 0.5) is 0 Å². The fourth-order valence-corrected chi connectivity index (χ4v) is 0.820. The fourth-order valence-electron chi connectivity index (χ4n) is 0.820. The first-order chi connectivity index (χ1) is 6.40. The zero-order chi connectivity index (χ0) is 11.2. The summed E-state index contributed by atoms with van der Waals surface area (Å²) in [6.07, 6.45) is 3.47. The molecule has 0 aliphatic rings. The first kappa shape index (κ1) is 13.2. The van der Waals surface area contributed by atoms with Gasteiger partial charge in [-0.1, -0.05) is 19.9 Å². The molecule has 1 atom stereocenters. The van der Waals surface area contributed by atoms with Crippen LogP contribution >= 0.6 is 0 Å². The molecule has 0 heterocycles. The molecule has 0 aromatic heterocycles. The highest BCUT2D eigenvalue weighted by Crippen LogP contribution is 2.20. The van der Waals surface area contributed by atoms with Crippen LogP contribution in [0.3, 0.4) is 0 Å². The van der Waals surface area contributed by atoms with Gasteiger partial charge in [-0.15, -0.1) is 0 Å². The summed E-state index contributed by atoms with van der Waals surface area (Å²) in [5, 5.41) is 9.83. The molecule has 0 bridgehead atoms. The fraction of sp³-hybridized carbons (Fsp3) is 0.727. The van der Waals surface area contributed by atoms with Gasteiger partial charge >= 0.3 is 5.97 Å². The molecule has 0 radical (unpaired) electrons. The molecule has 82 valence electrons. The molecular formula is C11H20O3. The Bertz CT molecular complexity index is 205. The van der Waals surface area contributed by atoms with Gasteiger partial charge in [0.25, 0.3) is 0 Å². The largest absolute Gasteiger partial charge is 0.463 e. The van der Waals surface area contributed by atoms with Crippen LogP contribution in [0.5, 0.6) is 0 Å². The highest BCUT2D eigenvalue weighted by atomic mass is 16.5. The summed E-state index contributed by atoms with van der Waals surface area (Å²) in [5.74, 6) is -0.193. The molecular weight excluding hydrogens is 180 g/mol. The molecule has 0 rings (SSSR count). The summed E-state index contributed by atoms with van der Waals surface area (Å²) < 4.78 is 4.71. The molecule has 14 heavy (non-hydrogen) atoms. The maximum Gasteiger partial charge on any atom is 0.330 e. The molecule has 3 heteroatoms. The quantitative estimate of drug-likeness (QED) is 0.544. The van der Waals surface area contributed by atoms with E-state index in [0.717, 1.165) is 0 Å². The molecule has 0 saturated carbocycles. The molecule has 0 spiro atoms. The average molecular weight is 200 g/mol. The number of carbonyl (C=O) groups excluding carboxylic acids is 1. The van der Waals surface area contributed by atoms with E-state index in [1.807, 2.05) is 13.8 Å². The first-order valence-electron chi connectivity index (χ1n) is 4.95. The maximum absolute atomic E-state index is 10.9. The minimum Gasteiger partial charge on any atom is -0.463 e. The average Bonchev–Trinajstić information content (AvgIpc) is 2.04. The van der Waals surface area contributed by atoms with Crippen molar-refractivity contribution >= 4 is 5.97 Å². The van der Waals surface area contributed by atoms with Gasteiger partial charge in [0.1, 0.15) is 0 Å². The summed E-state index contributed by atoms with van der Waals surface area (Å²) in [6, 6.07) is 0. The van der Waals surface area contributed by atoms with Gasteiger partial charge in [-0.3, -0.25) is 0 Å². The van der Waals surface area contributed by atoms with Crippen molar-refractivity contribution in [3.8, 4) is 0 Å². The topological polar surface area (TPSA) is 46.5 Å². The van der Waals surface area contributed by atoms with Gasteiger partial charge in [-0.2, -0.15) is 0 Å². The Morgan fingerprint density at radius 1 is 1.57 bits per heavy atom. The number of aliphatic hydroxyl groups is 1. The second-order valence-corrected chi connectivity index (χ2v) is 3.87. The minimum absolute atomic E-state index is 0.161. The second kappa shape index (κ2) is 5.81. The highest BCUT2D eigenvalue weighted by molar-refractivity contribution is 5.81. The van der Waals surface area contributed by atoms with Gasteiger partial charge in [0.2, 0.25) is 0 Å². The van der Waals surface area contributed by atoms with Crippen LogP contribution in [0.2, 0.25) is 0 Å². The Labute approximate surface area is 85.8 Å². The molecule has 0 saturated heterocycles. The molecule has 0 aliphatic heterocycles. The summed E-state index contributed by atoms with van der Waals surface area (Å²) in [4.78, 5) is 10.9. The van der Waals surface area contributed by atoms with Crippen molar-refractivity contribution in [1.29, 1.82) is 0 Å². The molecule has 0 fully saturated rings. The number of hydrogen-bond acceptors (Lipinski definition) is 3. The lowest BCUT2D eigenvalue weighted by Gasteiger charge is -2.25. The van der Waals surface area contributed by atoms with Crippen LogP contribution in [0.1, 0.15) is 34.1 Å². The zero-order valence-electron chi connectivity index (χ0n) is 9.41. The summed E-state index contributed by atoms with van der Waals surface area (Å²) >= 11 is 0. The first-order valence-corrected chi connectivity index (χ1v) is 4.95. The number of hydrogen-bond donors (Lipinski definition) is 1. The number of carbonyl (C=O) groups is 1. The molecule has 0 aromatic carbocycles. The van der Waals surface area contributed by atoms with Gasteiger partial charge in [0, 0.05) is 6.08 Å². The smallest absolute Gasteiger partial charge is 0.330 e. The molecule has 0 aromatic rings. The number of esters is 1. The second-order valence-electron chi connectivity index (χ2n) is 3.87.